The summed E-state index contributed by atoms with van der Waals surface area (Å²) >= 11 is 0. The van der Waals surface area contributed by atoms with Crippen molar-refractivity contribution in [2.24, 2.45) is 0 Å². The van der Waals surface area contributed by atoms with Crippen molar-refractivity contribution >= 4 is 27.9 Å². The number of para-hydroxylation sites is 2. The van der Waals surface area contributed by atoms with Gasteiger partial charge in [0, 0.05) is 11.6 Å². The summed E-state index contributed by atoms with van der Waals surface area (Å²) in [6.45, 7) is 0. The molecule has 0 N–H and O–H groups in total. The fourth-order valence-corrected chi connectivity index (χ4v) is 6.74. The average Bonchev–Trinajstić information content (AvgIpc) is 3.44. The lowest BCUT2D eigenvalue weighted by Crippen LogP contribution is -2.07. The predicted octanol–water partition coefficient (Wildman–Crippen LogP) is 10.1. The summed E-state index contributed by atoms with van der Waals surface area (Å²) in [6, 6.07) is 37.5. The number of aromatic nitrogens is 2. The van der Waals surface area contributed by atoms with Gasteiger partial charge >= 0.3 is 0 Å². The smallest absolute Gasteiger partial charge is 0.121 e. The minimum absolute atomic E-state index is 0.264. The van der Waals surface area contributed by atoms with Crippen molar-refractivity contribution in [2.75, 3.05) is 0 Å². The van der Waals surface area contributed by atoms with Gasteiger partial charge in [-0.1, -0.05) is 115 Å². The number of rotatable bonds is 4. The van der Waals surface area contributed by atoms with Crippen LogP contribution in [0.15, 0.2) is 134 Å². The van der Waals surface area contributed by atoms with Crippen molar-refractivity contribution < 1.29 is 0 Å². The van der Waals surface area contributed by atoms with Crippen LogP contribution >= 0.6 is 0 Å². The van der Waals surface area contributed by atoms with E-state index in [1.54, 1.807) is 0 Å². The average molecular weight is 527 g/mol. The molecule has 8 rings (SSSR count). The van der Waals surface area contributed by atoms with Gasteiger partial charge in [-0.25, -0.2) is 4.98 Å². The number of nitrogens with zero attached hydrogens (tertiary/aromatic N) is 2. The fraction of sp³-hybridized carbons (Fsp3) is 0.103. The zero-order valence-corrected chi connectivity index (χ0v) is 22.9. The molecule has 2 nitrogen and oxygen atoms in total. The lowest BCUT2D eigenvalue weighted by atomic mass is 9.80. The lowest BCUT2D eigenvalue weighted by Gasteiger charge is -2.24. The van der Waals surface area contributed by atoms with E-state index < -0.39 is 0 Å². The maximum absolute atomic E-state index is 5.10. The molecular weight excluding hydrogens is 496 g/mol. The minimum Gasteiger partial charge on any atom is -0.296 e. The molecule has 41 heavy (non-hydrogen) atoms. The Morgan fingerprint density at radius 1 is 0.659 bits per heavy atom. The molecule has 0 fully saturated rings. The second-order valence-corrected chi connectivity index (χ2v) is 11.0. The van der Waals surface area contributed by atoms with E-state index in [9.17, 15) is 0 Å². The zero-order chi connectivity index (χ0) is 27.2. The van der Waals surface area contributed by atoms with Crippen LogP contribution in [0.25, 0.3) is 55.8 Å². The summed E-state index contributed by atoms with van der Waals surface area (Å²) in [5, 5.41) is 2.63. The van der Waals surface area contributed by atoms with E-state index in [0.717, 1.165) is 41.8 Å². The van der Waals surface area contributed by atoms with E-state index in [-0.39, 0.29) is 5.92 Å². The molecule has 0 amide bonds. The zero-order valence-electron chi connectivity index (χ0n) is 22.9. The molecule has 0 aliphatic heterocycles. The second kappa shape index (κ2) is 9.91. The Labute approximate surface area is 240 Å². The molecule has 0 spiro atoms. The molecule has 1 aromatic heterocycles. The van der Waals surface area contributed by atoms with Gasteiger partial charge in [-0.2, -0.15) is 0 Å². The van der Waals surface area contributed by atoms with Gasteiger partial charge in [0.25, 0.3) is 0 Å². The van der Waals surface area contributed by atoms with Crippen LogP contribution in [0.2, 0.25) is 0 Å². The van der Waals surface area contributed by atoms with Crippen LogP contribution in [0.5, 0.6) is 0 Å². The quantitative estimate of drug-likeness (QED) is 0.223. The fourth-order valence-electron chi connectivity index (χ4n) is 6.74. The molecule has 1 atom stereocenters. The van der Waals surface area contributed by atoms with Gasteiger partial charge in [-0.15, -0.1) is 0 Å². The van der Waals surface area contributed by atoms with Gasteiger partial charge < -0.3 is 0 Å². The number of hydrogen-bond acceptors (Lipinski definition) is 1. The first-order valence-corrected chi connectivity index (χ1v) is 14.6. The van der Waals surface area contributed by atoms with Crippen molar-refractivity contribution in [3.63, 3.8) is 0 Å². The first kappa shape index (κ1) is 23.9. The van der Waals surface area contributed by atoms with E-state index in [4.69, 9.17) is 4.98 Å². The lowest BCUT2D eigenvalue weighted by molar-refractivity contribution is 0.758. The topological polar surface area (TPSA) is 17.8 Å². The number of allylic oxidation sites excluding steroid dienone is 5. The second-order valence-electron chi connectivity index (χ2n) is 11.0. The van der Waals surface area contributed by atoms with Crippen LogP contribution in [-0.4, -0.2) is 9.55 Å². The summed E-state index contributed by atoms with van der Waals surface area (Å²) in [5.41, 5.74) is 11.4. The molecule has 0 saturated carbocycles. The molecule has 2 heteroatoms. The Morgan fingerprint density at radius 3 is 2.20 bits per heavy atom. The predicted molar refractivity (Wildman–Crippen MR) is 172 cm³/mol. The SMILES string of the molecule is C1=CCC(c2nc3ccccc3n2-c2ccc(-c3c4c(c(-c5ccccc5)c5ccccc35)C=CCC4)cc2)C=C1. The van der Waals surface area contributed by atoms with Crippen LogP contribution in [0.1, 0.15) is 35.7 Å². The molecular formula is C39H30N2. The van der Waals surface area contributed by atoms with E-state index in [0.29, 0.717) is 0 Å². The van der Waals surface area contributed by atoms with Crippen LogP contribution in [0.3, 0.4) is 0 Å². The Kier molecular flexibility index (Phi) is 5.77. The number of fused-ring (bicyclic) bond motifs is 3. The Balaban J connectivity index is 1.32. The normalized spacial score (nSPS) is 16.0. The van der Waals surface area contributed by atoms with Gasteiger partial charge in [-0.3, -0.25) is 4.57 Å². The van der Waals surface area contributed by atoms with Crippen molar-refractivity contribution in [3.05, 3.63) is 150 Å². The Bertz CT molecular complexity index is 2000. The summed E-state index contributed by atoms with van der Waals surface area (Å²) in [5.74, 6) is 1.36. The molecule has 1 heterocycles. The van der Waals surface area contributed by atoms with Gasteiger partial charge in [-0.05, 0) is 87.7 Å². The molecule has 5 aromatic carbocycles. The first-order chi connectivity index (χ1) is 20.4. The first-order valence-electron chi connectivity index (χ1n) is 14.6. The molecule has 0 bridgehead atoms. The molecule has 2 aliphatic rings. The molecule has 2 aliphatic carbocycles. The highest BCUT2D eigenvalue weighted by Crippen LogP contribution is 2.44. The Hall–Kier alpha value is -4.95. The molecule has 0 radical (unpaired) electrons. The standard InChI is InChI=1S/C39H30N2/c1-3-13-27(14-4-1)37-31-17-7-9-19-33(31)38(34-20-10-8-18-32(34)37)28-23-25-30(26-24-28)41-36-22-12-11-21-35(36)40-39(41)29-15-5-2-6-16-29/h1-9,11-15,17-19,21-26,29H,10,16,20H2. The third kappa shape index (κ3) is 3.98. The van der Waals surface area contributed by atoms with Crippen LogP contribution in [0, 0.1) is 0 Å². The van der Waals surface area contributed by atoms with E-state index in [1.165, 1.54) is 44.2 Å². The molecule has 196 valence electrons. The van der Waals surface area contributed by atoms with Gasteiger partial charge in [0.15, 0.2) is 0 Å². The van der Waals surface area contributed by atoms with E-state index in [2.05, 4.69) is 144 Å². The summed E-state index contributed by atoms with van der Waals surface area (Å²) in [4.78, 5) is 5.10. The molecule has 6 aromatic rings. The highest BCUT2D eigenvalue weighted by Gasteiger charge is 2.23. The van der Waals surface area contributed by atoms with Gasteiger partial charge in [0.1, 0.15) is 5.82 Å². The molecule has 0 saturated heterocycles. The van der Waals surface area contributed by atoms with Gasteiger partial charge in [0.05, 0.1) is 11.0 Å². The van der Waals surface area contributed by atoms with Crippen molar-refractivity contribution in [1.82, 2.24) is 9.55 Å². The van der Waals surface area contributed by atoms with Crippen molar-refractivity contribution in [2.45, 2.75) is 25.2 Å². The summed E-state index contributed by atoms with van der Waals surface area (Å²) in [7, 11) is 0. The van der Waals surface area contributed by atoms with Crippen molar-refractivity contribution in [1.29, 1.82) is 0 Å². The van der Waals surface area contributed by atoms with E-state index in [1.807, 2.05) is 0 Å². The summed E-state index contributed by atoms with van der Waals surface area (Å²) in [6.07, 6.45) is 16.5. The van der Waals surface area contributed by atoms with Gasteiger partial charge in [0.2, 0.25) is 0 Å². The summed E-state index contributed by atoms with van der Waals surface area (Å²) < 4.78 is 2.35. The monoisotopic (exact) mass is 526 g/mol. The third-order valence-corrected chi connectivity index (χ3v) is 8.58. The number of hydrogen-bond donors (Lipinski definition) is 0. The van der Waals surface area contributed by atoms with Crippen LogP contribution < -0.4 is 0 Å². The minimum atomic E-state index is 0.264. The maximum atomic E-state index is 5.10. The van der Waals surface area contributed by atoms with E-state index >= 15 is 0 Å². The molecule has 1 unspecified atom stereocenters. The highest BCUT2D eigenvalue weighted by atomic mass is 15.1. The van der Waals surface area contributed by atoms with Crippen LogP contribution in [0.4, 0.5) is 0 Å². The number of imidazole rings is 1. The Morgan fingerprint density at radius 2 is 1.39 bits per heavy atom. The number of benzene rings is 5. The largest absolute Gasteiger partial charge is 0.296 e. The van der Waals surface area contributed by atoms with Crippen LogP contribution in [-0.2, 0) is 6.42 Å². The third-order valence-electron chi connectivity index (χ3n) is 8.58. The maximum Gasteiger partial charge on any atom is 0.121 e. The highest BCUT2D eigenvalue weighted by molar-refractivity contribution is 6.10. The van der Waals surface area contributed by atoms with Crippen molar-refractivity contribution in [3.8, 4) is 27.9 Å².